The average molecular weight is 569 g/mol. The molecule has 0 aliphatic carbocycles. The van der Waals surface area contributed by atoms with Crippen molar-refractivity contribution in [2.24, 2.45) is 0 Å². The highest BCUT2D eigenvalue weighted by molar-refractivity contribution is 7.99. The number of nitrogens with one attached hydrogen (secondary N) is 1. The lowest BCUT2D eigenvalue weighted by Gasteiger charge is -2.23. The Morgan fingerprint density at radius 1 is 1.02 bits per heavy atom. The lowest BCUT2D eigenvalue weighted by Crippen LogP contribution is -2.28. The van der Waals surface area contributed by atoms with Crippen molar-refractivity contribution < 1.29 is 34.1 Å². The number of benzene rings is 3. The van der Waals surface area contributed by atoms with Crippen LogP contribution in [0.3, 0.4) is 0 Å². The second-order valence-electron chi connectivity index (χ2n) is 9.26. The number of carboxylic acids is 1. The molecule has 3 aromatic rings. The molecule has 0 fully saturated rings. The number of phenols is 1. The van der Waals surface area contributed by atoms with Crippen LogP contribution in [0.1, 0.15) is 41.8 Å². The molecule has 0 saturated heterocycles. The smallest absolute Gasteiger partial charge is 0.313 e. The predicted octanol–water partition coefficient (Wildman–Crippen LogP) is 4.93. The van der Waals surface area contributed by atoms with Crippen LogP contribution in [0, 0.1) is 13.8 Å². The van der Waals surface area contributed by atoms with Gasteiger partial charge in [0.25, 0.3) is 5.91 Å². The zero-order valence-corrected chi connectivity index (χ0v) is 24.1. The van der Waals surface area contributed by atoms with E-state index in [1.807, 2.05) is 39.0 Å². The number of hydrogen-bond donors (Lipinski definition) is 3. The Bertz CT molecular complexity index is 1380. The number of aryl methyl sites for hydroxylation is 2. The fourth-order valence-electron chi connectivity index (χ4n) is 4.37. The SMILES string of the molecule is CCN(C(C)=O)c1cccc2c(O)c(C(=O)NCCCOc3ccc(C)cc3C)cc(OCCSCC(=O)O)c12. The third kappa shape index (κ3) is 7.81. The Morgan fingerprint density at radius 2 is 1.77 bits per heavy atom. The molecule has 0 heterocycles. The van der Waals surface area contributed by atoms with Crippen LogP contribution in [0.4, 0.5) is 5.69 Å². The molecule has 3 N–H and O–H groups in total. The number of fused-ring (bicyclic) bond motifs is 1. The predicted molar refractivity (Wildman–Crippen MR) is 158 cm³/mol. The van der Waals surface area contributed by atoms with E-state index in [9.17, 15) is 19.5 Å². The molecule has 0 radical (unpaired) electrons. The minimum Gasteiger partial charge on any atom is -0.506 e. The number of carbonyl (C=O) groups is 3. The first-order chi connectivity index (χ1) is 19.1. The van der Waals surface area contributed by atoms with E-state index < -0.39 is 11.9 Å². The largest absolute Gasteiger partial charge is 0.506 e. The summed E-state index contributed by atoms with van der Waals surface area (Å²) in [5, 5.41) is 23.7. The first-order valence-corrected chi connectivity index (χ1v) is 14.3. The highest BCUT2D eigenvalue weighted by atomic mass is 32.2. The standard InChI is InChI=1S/C30H36N2O7S/c1-5-32(21(4)33)24-9-6-8-22-28(24)26(39-14-15-40-18-27(34)35)17-23(29(22)36)30(37)31-12-7-13-38-25-11-10-19(2)16-20(25)3/h6,8-11,16-17,36H,5,7,12-15,18H2,1-4H3,(H,31,37)(H,34,35). The Morgan fingerprint density at radius 3 is 2.45 bits per heavy atom. The number of aromatic hydroxyl groups is 1. The van der Waals surface area contributed by atoms with Crippen LogP contribution in [-0.2, 0) is 9.59 Å². The fraction of sp³-hybridized carbons (Fsp3) is 0.367. The van der Waals surface area contributed by atoms with Gasteiger partial charge < -0.3 is 29.9 Å². The quantitative estimate of drug-likeness (QED) is 0.234. The summed E-state index contributed by atoms with van der Waals surface area (Å²) in [7, 11) is 0. The van der Waals surface area contributed by atoms with Crippen LogP contribution in [0.2, 0.25) is 0 Å². The number of phenolic OH excluding ortho intramolecular Hbond substituents is 1. The molecule has 0 saturated carbocycles. The van der Waals surface area contributed by atoms with Crippen molar-refractivity contribution in [3.63, 3.8) is 0 Å². The first kappa shape index (κ1) is 30.6. The van der Waals surface area contributed by atoms with Crippen LogP contribution in [0.25, 0.3) is 10.8 Å². The minimum atomic E-state index is -0.916. The topological polar surface area (TPSA) is 125 Å². The molecule has 40 heavy (non-hydrogen) atoms. The summed E-state index contributed by atoms with van der Waals surface area (Å²) in [6, 6.07) is 12.6. The van der Waals surface area contributed by atoms with E-state index in [1.54, 1.807) is 23.1 Å². The molecule has 0 aliphatic heterocycles. The number of carboxylic acid groups (broad SMARTS) is 1. The molecular formula is C30H36N2O7S. The van der Waals surface area contributed by atoms with Gasteiger partial charge in [0.1, 0.15) is 17.2 Å². The molecule has 0 bridgehead atoms. The zero-order chi connectivity index (χ0) is 29.2. The number of nitrogens with zero attached hydrogens (tertiary/aromatic N) is 1. The summed E-state index contributed by atoms with van der Waals surface area (Å²) in [6.45, 7) is 8.62. The van der Waals surface area contributed by atoms with Gasteiger partial charge >= 0.3 is 5.97 Å². The highest BCUT2D eigenvalue weighted by Crippen LogP contribution is 2.41. The van der Waals surface area contributed by atoms with E-state index in [1.165, 1.54) is 24.8 Å². The molecule has 9 nitrogen and oxygen atoms in total. The monoisotopic (exact) mass is 568 g/mol. The van der Waals surface area contributed by atoms with Crippen molar-refractivity contribution in [2.45, 2.75) is 34.1 Å². The van der Waals surface area contributed by atoms with Gasteiger partial charge in [-0.05, 0) is 51.0 Å². The van der Waals surface area contributed by atoms with Crippen molar-refractivity contribution >= 4 is 46.0 Å². The van der Waals surface area contributed by atoms with Crippen molar-refractivity contribution in [1.29, 1.82) is 0 Å². The number of thioether (sulfide) groups is 1. The van der Waals surface area contributed by atoms with Crippen LogP contribution < -0.4 is 19.7 Å². The Balaban J connectivity index is 1.80. The number of amides is 2. The summed E-state index contributed by atoms with van der Waals surface area (Å²) < 4.78 is 11.8. The van der Waals surface area contributed by atoms with Gasteiger partial charge in [-0.15, -0.1) is 11.8 Å². The fourth-order valence-corrected chi connectivity index (χ4v) is 4.89. The van der Waals surface area contributed by atoms with Gasteiger partial charge in [-0.2, -0.15) is 0 Å². The normalized spacial score (nSPS) is 10.8. The zero-order valence-electron chi connectivity index (χ0n) is 23.3. The van der Waals surface area contributed by atoms with Crippen molar-refractivity contribution in [3.8, 4) is 17.2 Å². The van der Waals surface area contributed by atoms with Crippen molar-refractivity contribution in [2.75, 3.05) is 42.7 Å². The van der Waals surface area contributed by atoms with Gasteiger partial charge in [-0.1, -0.05) is 29.8 Å². The maximum Gasteiger partial charge on any atom is 0.313 e. The molecule has 0 unspecified atom stereocenters. The molecular weight excluding hydrogens is 532 g/mol. The van der Waals surface area contributed by atoms with Gasteiger partial charge in [0, 0.05) is 31.2 Å². The molecule has 214 valence electrons. The van der Waals surface area contributed by atoms with E-state index in [2.05, 4.69) is 5.32 Å². The van der Waals surface area contributed by atoms with E-state index in [-0.39, 0.29) is 29.6 Å². The molecule has 10 heteroatoms. The Labute approximate surface area is 238 Å². The maximum absolute atomic E-state index is 13.1. The first-order valence-electron chi connectivity index (χ1n) is 13.1. The highest BCUT2D eigenvalue weighted by Gasteiger charge is 2.23. The average Bonchev–Trinajstić information content (AvgIpc) is 2.90. The second-order valence-corrected chi connectivity index (χ2v) is 10.4. The number of aliphatic carboxylic acids is 1. The maximum atomic E-state index is 13.1. The number of carbonyl (C=O) groups excluding carboxylic acids is 2. The summed E-state index contributed by atoms with van der Waals surface area (Å²) in [5.41, 5.74) is 2.79. The lowest BCUT2D eigenvalue weighted by molar-refractivity contribution is -0.133. The molecule has 0 atom stereocenters. The second kappa shape index (κ2) is 14.5. The van der Waals surface area contributed by atoms with Gasteiger partial charge in [0.15, 0.2) is 0 Å². The van der Waals surface area contributed by atoms with Gasteiger partial charge in [0.05, 0.1) is 35.6 Å². The van der Waals surface area contributed by atoms with Crippen LogP contribution in [0.5, 0.6) is 17.2 Å². The summed E-state index contributed by atoms with van der Waals surface area (Å²) in [6.07, 6.45) is 0.561. The number of anilines is 1. The van der Waals surface area contributed by atoms with Crippen LogP contribution >= 0.6 is 11.8 Å². The third-order valence-electron chi connectivity index (χ3n) is 6.21. The van der Waals surface area contributed by atoms with E-state index in [4.69, 9.17) is 14.6 Å². The molecule has 0 aromatic heterocycles. The van der Waals surface area contributed by atoms with Gasteiger partial charge in [-0.3, -0.25) is 14.4 Å². The minimum absolute atomic E-state index is 0.0407. The Hall–Kier alpha value is -3.92. The molecule has 0 aliphatic rings. The summed E-state index contributed by atoms with van der Waals surface area (Å²) >= 11 is 1.21. The van der Waals surface area contributed by atoms with Gasteiger partial charge in [-0.25, -0.2) is 0 Å². The van der Waals surface area contributed by atoms with E-state index in [0.29, 0.717) is 54.1 Å². The molecule has 0 spiro atoms. The number of ether oxygens (including phenoxy) is 2. The summed E-state index contributed by atoms with van der Waals surface area (Å²) in [5.74, 6) is -0.309. The van der Waals surface area contributed by atoms with Crippen LogP contribution in [0.15, 0.2) is 42.5 Å². The lowest BCUT2D eigenvalue weighted by atomic mass is 10.0. The van der Waals surface area contributed by atoms with E-state index >= 15 is 0 Å². The molecule has 3 rings (SSSR count). The van der Waals surface area contributed by atoms with E-state index in [0.717, 1.165) is 16.9 Å². The van der Waals surface area contributed by atoms with Gasteiger partial charge in [0.2, 0.25) is 5.91 Å². The van der Waals surface area contributed by atoms with Crippen molar-refractivity contribution in [1.82, 2.24) is 5.32 Å². The van der Waals surface area contributed by atoms with Crippen LogP contribution in [-0.4, -0.2) is 65.8 Å². The number of hydrogen-bond acceptors (Lipinski definition) is 7. The summed E-state index contributed by atoms with van der Waals surface area (Å²) in [4.78, 5) is 37.8. The Kier molecular flexibility index (Phi) is 11.1. The number of rotatable bonds is 14. The van der Waals surface area contributed by atoms with Crippen molar-refractivity contribution in [3.05, 3.63) is 59.2 Å². The third-order valence-corrected chi connectivity index (χ3v) is 7.12. The molecule has 2 amide bonds. The molecule has 3 aromatic carbocycles.